The van der Waals surface area contributed by atoms with Crippen molar-refractivity contribution in [3.8, 4) is 11.3 Å². The summed E-state index contributed by atoms with van der Waals surface area (Å²) in [5.74, 6) is 0. The summed E-state index contributed by atoms with van der Waals surface area (Å²) < 4.78 is 1.85. The first kappa shape index (κ1) is 13.3. The molecule has 3 nitrogen and oxygen atoms in total. The SMILES string of the molecule is C=C[C@H](c1ccc(C)cc1)n1cc(-c2ccccc2)nn1. The van der Waals surface area contributed by atoms with E-state index < -0.39 is 0 Å². The van der Waals surface area contributed by atoms with E-state index in [9.17, 15) is 0 Å². The second kappa shape index (κ2) is 5.75. The molecule has 2 aromatic carbocycles. The summed E-state index contributed by atoms with van der Waals surface area (Å²) in [5.41, 5.74) is 4.33. The van der Waals surface area contributed by atoms with Crippen LogP contribution in [0.15, 0.2) is 73.4 Å². The van der Waals surface area contributed by atoms with Crippen molar-refractivity contribution in [2.75, 3.05) is 0 Å². The number of nitrogens with zero attached hydrogens (tertiary/aromatic N) is 3. The molecule has 1 aromatic heterocycles. The minimum Gasteiger partial charge on any atom is -0.241 e. The molecule has 0 aliphatic heterocycles. The summed E-state index contributed by atoms with van der Waals surface area (Å²) in [5, 5.41) is 8.52. The first-order valence-corrected chi connectivity index (χ1v) is 6.94. The summed E-state index contributed by atoms with van der Waals surface area (Å²) in [6.45, 7) is 6.01. The third-order valence-electron chi connectivity index (χ3n) is 3.51. The molecule has 1 heterocycles. The molecule has 0 saturated carbocycles. The highest BCUT2D eigenvalue weighted by molar-refractivity contribution is 5.57. The van der Waals surface area contributed by atoms with Crippen LogP contribution in [0.3, 0.4) is 0 Å². The van der Waals surface area contributed by atoms with Gasteiger partial charge in [-0.2, -0.15) is 0 Å². The molecule has 0 N–H and O–H groups in total. The third-order valence-corrected chi connectivity index (χ3v) is 3.51. The van der Waals surface area contributed by atoms with E-state index in [0.717, 1.165) is 16.8 Å². The van der Waals surface area contributed by atoms with Gasteiger partial charge in [0.1, 0.15) is 5.69 Å². The molecule has 1 atom stereocenters. The average molecular weight is 275 g/mol. The predicted octanol–water partition coefficient (Wildman–Crippen LogP) is 4.03. The van der Waals surface area contributed by atoms with Gasteiger partial charge in [0.25, 0.3) is 0 Å². The Balaban J connectivity index is 1.94. The number of hydrogen-bond acceptors (Lipinski definition) is 2. The highest BCUT2D eigenvalue weighted by atomic mass is 15.4. The number of aryl methyl sites for hydroxylation is 1. The summed E-state index contributed by atoms with van der Waals surface area (Å²) in [7, 11) is 0. The van der Waals surface area contributed by atoms with E-state index in [-0.39, 0.29) is 6.04 Å². The second-order valence-corrected chi connectivity index (χ2v) is 5.04. The molecule has 0 bridgehead atoms. The monoisotopic (exact) mass is 275 g/mol. The lowest BCUT2D eigenvalue weighted by atomic mass is 10.1. The molecule has 0 radical (unpaired) electrons. The molecule has 0 amide bonds. The number of allylic oxidation sites excluding steroid dienone is 1. The fraction of sp³-hybridized carbons (Fsp3) is 0.111. The molecule has 0 aliphatic carbocycles. The molecule has 0 fully saturated rings. The van der Waals surface area contributed by atoms with Crippen molar-refractivity contribution in [1.82, 2.24) is 15.0 Å². The molecule has 3 aromatic rings. The zero-order valence-corrected chi connectivity index (χ0v) is 12.0. The highest BCUT2D eigenvalue weighted by Crippen LogP contribution is 2.22. The summed E-state index contributed by atoms with van der Waals surface area (Å²) in [4.78, 5) is 0. The zero-order chi connectivity index (χ0) is 14.7. The number of aromatic nitrogens is 3. The van der Waals surface area contributed by atoms with E-state index in [1.807, 2.05) is 47.3 Å². The van der Waals surface area contributed by atoms with Crippen molar-refractivity contribution in [3.05, 3.63) is 84.6 Å². The predicted molar refractivity (Wildman–Crippen MR) is 85.0 cm³/mol. The first-order chi connectivity index (χ1) is 10.3. The van der Waals surface area contributed by atoms with Gasteiger partial charge in [0.15, 0.2) is 0 Å². The maximum atomic E-state index is 4.26. The Kier molecular flexibility index (Phi) is 3.65. The van der Waals surface area contributed by atoms with Crippen molar-refractivity contribution in [2.45, 2.75) is 13.0 Å². The smallest absolute Gasteiger partial charge is 0.113 e. The Morgan fingerprint density at radius 3 is 2.43 bits per heavy atom. The fourth-order valence-corrected chi connectivity index (χ4v) is 2.31. The van der Waals surface area contributed by atoms with Gasteiger partial charge in [-0.05, 0) is 12.5 Å². The van der Waals surface area contributed by atoms with Crippen molar-refractivity contribution < 1.29 is 0 Å². The van der Waals surface area contributed by atoms with Gasteiger partial charge < -0.3 is 0 Å². The minimum absolute atomic E-state index is 0.00411. The second-order valence-electron chi connectivity index (χ2n) is 5.04. The molecule has 0 spiro atoms. The lowest BCUT2D eigenvalue weighted by molar-refractivity contribution is 0.585. The van der Waals surface area contributed by atoms with Crippen molar-refractivity contribution in [3.63, 3.8) is 0 Å². The number of rotatable bonds is 4. The van der Waals surface area contributed by atoms with E-state index in [2.05, 4.69) is 48.1 Å². The van der Waals surface area contributed by atoms with E-state index >= 15 is 0 Å². The minimum atomic E-state index is -0.00411. The maximum absolute atomic E-state index is 4.26. The van der Waals surface area contributed by atoms with Crippen LogP contribution in [0, 0.1) is 6.92 Å². The standard InChI is InChI=1S/C18H17N3/c1-3-18(16-11-9-14(2)10-12-16)21-13-17(19-20-21)15-7-5-4-6-8-15/h3-13,18H,1H2,2H3/t18-/m1/s1. The van der Waals surface area contributed by atoms with Gasteiger partial charge in [-0.3, -0.25) is 0 Å². The molecule has 104 valence electrons. The Hall–Kier alpha value is -2.68. The largest absolute Gasteiger partial charge is 0.241 e. The van der Waals surface area contributed by atoms with Gasteiger partial charge in [0.05, 0.1) is 12.2 Å². The number of hydrogen-bond donors (Lipinski definition) is 0. The Morgan fingerprint density at radius 2 is 1.76 bits per heavy atom. The quantitative estimate of drug-likeness (QED) is 0.673. The third kappa shape index (κ3) is 2.77. The van der Waals surface area contributed by atoms with Crippen LogP contribution in [0.1, 0.15) is 17.2 Å². The van der Waals surface area contributed by atoms with Gasteiger partial charge in [-0.15, -0.1) is 11.7 Å². The van der Waals surface area contributed by atoms with Gasteiger partial charge in [-0.1, -0.05) is 71.5 Å². The maximum Gasteiger partial charge on any atom is 0.113 e. The summed E-state index contributed by atoms with van der Waals surface area (Å²) in [6.07, 6.45) is 3.84. The molecule has 0 unspecified atom stereocenters. The topological polar surface area (TPSA) is 30.7 Å². The van der Waals surface area contributed by atoms with Gasteiger partial charge in [0, 0.05) is 5.56 Å². The van der Waals surface area contributed by atoms with Crippen LogP contribution in [0.4, 0.5) is 0 Å². The Morgan fingerprint density at radius 1 is 1.05 bits per heavy atom. The fourth-order valence-electron chi connectivity index (χ4n) is 2.31. The zero-order valence-electron chi connectivity index (χ0n) is 12.0. The van der Waals surface area contributed by atoms with E-state index in [4.69, 9.17) is 0 Å². The van der Waals surface area contributed by atoms with Gasteiger partial charge in [-0.25, -0.2) is 4.68 Å². The Bertz CT molecular complexity index is 727. The van der Waals surface area contributed by atoms with Gasteiger partial charge >= 0.3 is 0 Å². The molecular weight excluding hydrogens is 258 g/mol. The van der Waals surface area contributed by atoms with Crippen molar-refractivity contribution in [2.24, 2.45) is 0 Å². The molecule has 0 saturated heterocycles. The van der Waals surface area contributed by atoms with Crippen molar-refractivity contribution >= 4 is 0 Å². The van der Waals surface area contributed by atoms with Crippen LogP contribution in [0.5, 0.6) is 0 Å². The van der Waals surface area contributed by atoms with Crippen LogP contribution in [0.2, 0.25) is 0 Å². The van der Waals surface area contributed by atoms with E-state index in [0.29, 0.717) is 0 Å². The summed E-state index contributed by atoms with van der Waals surface area (Å²) in [6, 6.07) is 18.5. The van der Waals surface area contributed by atoms with Crippen LogP contribution < -0.4 is 0 Å². The molecule has 0 aliphatic rings. The highest BCUT2D eigenvalue weighted by Gasteiger charge is 2.12. The Labute approximate surface area is 124 Å². The molecule has 3 rings (SSSR count). The average Bonchev–Trinajstić information content (AvgIpc) is 3.00. The summed E-state index contributed by atoms with van der Waals surface area (Å²) >= 11 is 0. The molecular formula is C18H17N3. The van der Waals surface area contributed by atoms with Crippen LogP contribution >= 0.6 is 0 Å². The number of benzene rings is 2. The van der Waals surface area contributed by atoms with Gasteiger partial charge in [0.2, 0.25) is 0 Å². The lowest BCUT2D eigenvalue weighted by Gasteiger charge is -2.12. The normalized spacial score (nSPS) is 12.0. The van der Waals surface area contributed by atoms with E-state index in [1.54, 1.807) is 0 Å². The molecule has 3 heteroatoms. The van der Waals surface area contributed by atoms with Crippen molar-refractivity contribution in [1.29, 1.82) is 0 Å². The molecule has 21 heavy (non-hydrogen) atoms. The lowest BCUT2D eigenvalue weighted by Crippen LogP contribution is -2.08. The van der Waals surface area contributed by atoms with E-state index in [1.165, 1.54) is 5.56 Å². The van der Waals surface area contributed by atoms with Crippen LogP contribution in [-0.2, 0) is 0 Å². The van der Waals surface area contributed by atoms with Crippen LogP contribution in [0.25, 0.3) is 11.3 Å². The first-order valence-electron chi connectivity index (χ1n) is 6.94. The van der Waals surface area contributed by atoms with Crippen LogP contribution in [-0.4, -0.2) is 15.0 Å².